The number of carboxylic acids is 7. The average Bonchev–Trinajstić information content (AvgIpc) is 0.964. The molecule has 0 aliphatic rings. The summed E-state index contributed by atoms with van der Waals surface area (Å²) in [6.45, 7) is 14.6. The van der Waals surface area contributed by atoms with Crippen molar-refractivity contribution in [2.24, 2.45) is 46.6 Å². The highest BCUT2D eigenvalue weighted by atomic mass is 16.4. The second kappa shape index (κ2) is 58.0. The fraction of sp³-hybridized carbons (Fsp3) is 0.676. The summed E-state index contributed by atoms with van der Waals surface area (Å²) in [4.78, 5) is 282. The predicted octanol–water partition coefficient (Wildman–Crippen LogP) is -10.2. The third-order valence-electron chi connectivity index (χ3n) is 19.9. The molecule has 0 aliphatic carbocycles. The molecule has 128 heavy (non-hydrogen) atoms. The SMILES string of the molecule is CC[C@H](C)[C@H](NC(=O)[C@H](CC(=O)O)NC(=O)[C@H](CC(=O)O)NC(=O)[C@H](CC(=O)O)NC(=O)[C@H](CC(=O)O)NC(=O)[C@H](CC(=O)O)NC(=O)[C@H](CC(=O)O)NC(=O)[C@H](CCCNC(=N)N)NC(=O)[C@@H](N)CCCNC(=N)N)C(=O)N[C@H](C(=O)N[C@H](C(=O)N[C@H](C(=O)N[C@H](C(=O)N[C@H](C(=O)N[C@@H](CCCNC(=N)N)C(=O)O)[C@@H](C)O)[C@@H](C)CC)[C@@H](C)CC)[C@@H](C)O)[C@@H](C)CC. The summed E-state index contributed by atoms with van der Waals surface area (Å²) in [7, 11) is 0. The highest BCUT2D eigenvalue weighted by Gasteiger charge is 2.43. The summed E-state index contributed by atoms with van der Waals surface area (Å²) in [5.41, 5.74) is 21.8. The Balaban J connectivity index is 7.23. The Kier molecular flexibility index (Phi) is 51.9. The molecule has 0 rings (SSSR count). The van der Waals surface area contributed by atoms with E-state index in [1.165, 1.54) is 27.7 Å². The van der Waals surface area contributed by atoms with Crippen LogP contribution in [0.25, 0.3) is 0 Å². The Labute approximate surface area is 734 Å². The van der Waals surface area contributed by atoms with Crippen LogP contribution in [0.3, 0.4) is 0 Å². The molecular weight excluding hydrogens is 1700 g/mol. The molecule has 0 saturated heterocycles. The number of amides is 14. The first-order valence-electron chi connectivity index (χ1n) is 40.7. The normalized spacial score (nSPS) is 15.9. The van der Waals surface area contributed by atoms with E-state index in [1.807, 2.05) is 16.0 Å². The number of aliphatic carboxylic acids is 7. The van der Waals surface area contributed by atoms with Gasteiger partial charge in [-0.15, -0.1) is 0 Å². The number of nitrogens with two attached hydrogens (primary N) is 4. The monoisotopic (exact) mass is 1830 g/mol. The van der Waals surface area contributed by atoms with Crippen molar-refractivity contribution in [3.05, 3.63) is 0 Å². The van der Waals surface area contributed by atoms with Gasteiger partial charge in [0.15, 0.2) is 17.9 Å². The van der Waals surface area contributed by atoms with Crippen LogP contribution < -0.4 is 113 Å². The number of rotatable bonds is 63. The molecule has 0 unspecified atom stereocenters. The summed E-state index contributed by atoms with van der Waals surface area (Å²) >= 11 is 0. The van der Waals surface area contributed by atoms with Gasteiger partial charge in [-0.2, -0.15) is 0 Å². The number of carboxylic acid groups (broad SMARTS) is 7. The van der Waals surface area contributed by atoms with E-state index in [1.54, 1.807) is 38.3 Å². The first kappa shape index (κ1) is 115. The van der Waals surface area contributed by atoms with Gasteiger partial charge in [0.25, 0.3) is 0 Å². The van der Waals surface area contributed by atoms with Crippen LogP contribution in [0.2, 0.25) is 0 Å². The van der Waals surface area contributed by atoms with Crippen molar-refractivity contribution in [2.45, 2.75) is 275 Å². The third-order valence-corrected chi connectivity index (χ3v) is 19.9. The van der Waals surface area contributed by atoms with Gasteiger partial charge in [-0.05, 0) is 76.0 Å². The first-order valence-corrected chi connectivity index (χ1v) is 40.7. The van der Waals surface area contributed by atoms with Crippen LogP contribution in [-0.2, 0) is 101 Å². The maximum absolute atomic E-state index is 14.6. The van der Waals surface area contributed by atoms with Gasteiger partial charge in [0, 0.05) is 19.6 Å². The zero-order valence-electron chi connectivity index (χ0n) is 72.5. The minimum Gasteiger partial charge on any atom is -0.481 e. The number of nitrogens with one attached hydrogen (secondary N) is 20. The van der Waals surface area contributed by atoms with Gasteiger partial charge in [-0.25, -0.2) is 4.79 Å². The molecule has 0 radical (unpaired) electrons. The number of guanidine groups is 3. The second-order valence-corrected chi connectivity index (χ2v) is 30.4. The van der Waals surface area contributed by atoms with Crippen LogP contribution in [0.4, 0.5) is 0 Å². The molecule has 0 heterocycles. The number of carbonyl (C=O) groups excluding carboxylic acids is 14. The minimum atomic E-state index is -2.53. The summed E-state index contributed by atoms with van der Waals surface area (Å²) in [6.07, 6.45) is -12.0. The van der Waals surface area contributed by atoms with Crippen molar-refractivity contribution in [3.63, 3.8) is 0 Å². The van der Waals surface area contributed by atoms with Crippen molar-refractivity contribution < 1.29 is 147 Å². The number of hydrogen-bond donors (Lipinski definition) is 33. The molecular formula is C74H126N24O30. The molecule has 37 N–H and O–H groups in total. The lowest BCUT2D eigenvalue weighted by Gasteiger charge is -2.32. The molecule has 0 spiro atoms. The molecule has 0 aromatic rings. The molecule has 0 aliphatic heterocycles. The Morgan fingerprint density at radius 3 is 0.656 bits per heavy atom. The predicted molar refractivity (Wildman–Crippen MR) is 445 cm³/mol. The number of aliphatic hydroxyl groups is 2. The topological polar surface area (TPSA) is 921 Å². The van der Waals surface area contributed by atoms with E-state index >= 15 is 0 Å². The van der Waals surface area contributed by atoms with Crippen LogP contribution in [0.5, 0.6) is 0 Å². The van der Waals surface area contributed by atoms with Gasteiger partial charge in [0.1, 0.15) is 84.6 Å². The van der Waals surface area contributed by atoms with Gasteiger partial charge in [0.2, 0.25) is 82.7 Å². The largest absolute Gasteiger partial charge is 0.481 e. The summed E-state index contributed by atoms with van der Waals surface area (Å²) in [5, 5.41) is 151. The van der Waals surface area contributed by atoms with Crippen LogP contribution >= 0.6 is 0 Å². The average molecular weight is 1830 g/mol. The van der Waals surface area contributed by atoms with E-state index in [0.29, 0.717) is 0 Å². The molecule has 722 valence electrons. The molecule has 0 saturated carbocycles. The zero-order chi connectivity index (χ0) is 98.4. The number of carbonyl (C=O) groups is 21. The maximum Gasteiger partial charge on any atom is 0.326 e. The van der Waals surface area contributed by atoms with Crippen molar-refractivity contribution in [1.29, 1.82) is 16.2 Å². The molecule has 54 nitrogen and oxygen atoms in total. The Bertz CT molecular complexity index is 3930. The summed E-state index contributed by atoms with van der Waals surface area (Å²) in [6, 6.07) is -29.3. The molecule has 0 fully saturated rings. The summed E-state index contributed by atoms with van der Waals surface area (Å²) in [5.74, 6) is -36.7. The molecule has 54 heteroatoms. The first-order chi connectivity index (χ1) is 59.6. The van der Waals surface area contributed by atoms with E-state index in [-0.39, 0.29) is 95.8 Å². The van der Waals surface area contributed by atoms with Crippen LogP contribution in [0.1, 0.15) is 172 Å². The minimum absolute atomic E-state index is 0.0118. The van der Waals surface area contributed by atoms with Crippen LogP contribution in [0, 0.1) is 39.9 Å². The summed E-state index contributed by atoms with van der Waals surface area (Å²) < 4.78 is 0. The lowest BCUT2D eigenvalue weighted by atomic mass is 9.93. The van der Waals surface area contributed by atoms with E-state index < -0.39 is 295 Å². The number of aliphatic hydroxyl groups excluding tert-OH is 2. The van der Waals surface area contributed by atoms with Gasteiger partial charge in [-0.3, -0.25) is 112 Å². The van der Waals surface area contributed by atoms with Crippen LogP contribution in [-0.4, -0.2) is 311 Å². The van der Waals surface area contributed by atoms with Crippen molar-refractivity contribution in [1.82, 2.24) is 90.4 Å². The zero-order valence-corrected chi connectivity index (χ0v) is 72.5. The third kappa shape index (κ3) is 43.4. The lowest BCUT2D eigenvalue weighted by molar-refractivity contribution is -0.145. The quantitative estimate of drug-likeness (QED) is 0.0153. The van der Waals surface area contributed by atoms with Crippen molar-refractivity contribution >= 4 is 142 Å². The van der Waals surface area contributed by atoms with E-state index in [4.69, 9.17) is 39.2 Å². The van der Waals surface area contributed by atoms with E-state index in [2.05, 4.69) is 63.8 Å². The van der Waals surface area contributed by atoms with E-state index in [9.17, 15) is 147 Å². The standard InChI is InChI=1S/C74H126N24O30/c1-11-30(5)51(65(121)94-54(33(8)14-4)68(124)98-56(35(10)100)70(126)96-52(31(6)12-2)66(122)95-53(32(7)13-3)67(123)97-55(34(9)99)69(125)86-38(71(127)128)20-17-23-84-74(80)81)93-64(120)44(29-50(111)112)92-63(119)43(28-49(109)110)91-62(118)42(27-48(107)108)90-61(117)41(26-47(105)106)89-60(116)40(25-46(103)104)88-59(115)39(24-45(101)102)87-58(114)37(19-16-22-83-73(78)79)85-57(113)36(75)18-15-21-82-72(76)77/h30-44,51-56,99-100H,11-29,75H2,1-10H3,(H,85,113)(H,86,125)(H,87,114)(H,88,115)(H,89,116)(H,90,117)(H,91,118)(H,92,119)(H,93,120)(H,94,121)(H,95,122)(H,96,126)(H,97,123)(H,98,124)(H,101,102)(H,103,104)(H,105,106)(H,107,108)(H,109,110)(H,111,112)(H,127,128)(H4,76,77,82)(H4,78,79,83)(H4,80,81,84)/t30-,31-,32-,33-,34+,35+,36-,37-,38-,39-,40-,41-,42-,43-,44-,51-,52-,53-,54-,55-,56-/m0/s1. The molecule has 0 bridgehead atoms. The van der Waals surface area contributed by atoms with Gasteiger partial charge in [-0.1, -0.05) is 81.1 Å². The Hall–Kier alpha value is -13.4. The van der Waals surface area contributed by atoms with Gasteiger partial charge in [0.05, 0.1) is 56.8 Å². The van der Waals surface area contributed by atoms with Crippen molar-refractivity contribution in [3.8, 4) is 0 Å². The highest BCUT2D eigenvalue weighted by Crippen LogP contribution is 2.18. The number of hydrogen-bond acceptors (Lipinski definition) is 27. The Morgan fingerprint density at radius 2 is 0.438 bits per heavy atom. The van der Waals surface area contributed by atoms with Crippen LogP contribution in [0.15, 0.2) is 0 Å². The molecule has 0 aromatic carbocycles. The van der Waals surface area contributed by atoms with Gasteiger partial charge >= 0.3 is 41.8 Å². The smallest absolute Gasteiger partial charge is 0.326 e. The van der Waals surface area contributed by atoms with Crippen molar-refractivity contribution in [2.75, 3.05) is 19.6 Å². The van der Waals surface area contributed by atoms with E-state index in [0.717, 1.165) is 13.8 Å². The maximum atomic E-state index is 14.6. The fourth-order valence-corrected chi connectivity index (χ4v) is 11.8. The molecule has 14 amide bonds. The van der Waals surface area contributed by atoms with Gasteiger partial charge < -0.3 is 159 Å². The Morgan fingerprint density at radius 1 is 0.258 bits per heavy atom. The fourth-order valence-electron chi connectivity index (χ4n) is 11.8. The highest BCUT2D eigenvalue weighted by molar-refractivity contribution is 6.03. The second-order valence-electron chi connectivity index (χ2n) is 30.4. The molecule has 21 atom stereocenters. The lowest BCUT2D eigenvalue weighted by Crippen LogP contribution is -2.64. The molecule has 0 aromatic heterocycles.